The number of fused-ring (bicyclic) bond motifs is 1. The van der Waals surface area contributed by atoms with Gasteiger partial charge in [-0.1, -0.05) is 47.5 Å². The third-order valence-corrected chi connectivity index (χ3v) is 6.17. The Hall–Kier alpha value is -3.75. The molecular weight excluding hydrogens is 446 g/mol. The van der Waals surface area contributed by atoms with Crippen LogP contribution in [0.5, 0.6) is 0 Å². The van der Waals surface area contributed by atoms with Gasteiger partial charge in [0.05, 0.1) is 22.3 Å². The minimum absolute atomic E-state index is 0.115. The number of anilines is 2. The molecule has 0 spiro atoms. The number of non-ortho nitro benzene ring substituents is 1. The molecule has 9 heteroatoms. The van der Waals surface area contributed by atoms with Gasteiger partial charge in [-0.3, -0.25) is 24.5 Å². The van der Waals surface area contributed by atoms with Crippen molar-refractivity contribution in [3.63, 3.8) is 0 Å². The number of imide groups is 1. The molecule has 33 heavy (non-hydrogen) atoms. The van der Waals surface area contributed by atoms with E-state index >= 15 is 0 Å². The van der Waals surface area contributed by atoms with Crippen molar-refractivity contribution in [1.29, 1.82) is 0 Å². The molecule has 0 radical (unpaired) electrons. The first-order valence-electron chi connectivity index (χ1n) is 10.3. The van der Waals surface area contributed by atoms with E-state index in [1.807, 2.05) is 31.2 Å². The number of carbonyl (C=O) groups excluding carboxylic acids is 2. The quantitative estimate of drug-likeness (QED) is 0.319. The Morgan fingerprint density at radius 1 is 0.939 bits per heavy atom. The molecule has 3 atom stereocenters. The lowest BCUT2D eigenvalue weighted by Crippen LogP contribution is -2.37. The highest BCUT2D eigenvalue weighted by molar-refractivity contribution is 6.31. The second-order valence-electron chi connectivity index (χ2n) is 8.00. The van der Waals surface area contributed by atoms with Crippen LogP contribution in [0.15, 0.2) is 72.8 Å². The molecule has 3 aromatic rings. The number of aryl methyl sites for hydroxylation is 1. The Bertz CT molecular complexity index is 1260. The van der Waals surface area contributed by atoms with Crippen molar-refractivity contribution in [1.82, 2.24) is 0 Å². The number of hydroxylamine groups is 1. The summed E-state index contributed by atoms with van der Waals surface area (Å²) in [4.78, 5) is 44.8. The van der Waals surface area contributed by atoms with Gasteiger partial charge in [0.15, 0.2) is 6.10 Å². The summed E-state index contributed by atoms with van der Waals surface area (Å²) in [5.41, 5.74) is 2.49. The maximum absolute atomic E-state index is 13.5. The number of benzene rings is 3. The van der Waals surface area contributed by atoms with Crippen LogP contribution in [-0.4, -0.2) is 22.8 Å². The highest BCUT2D eigenvalue weighted by Gasteiger charge is 2.60. The standard InChI is InChI=1S/C24H18ClN3O5/c1-14-5-7-15(8-6-14)21-20-22(33-27(21)18-3-2-4-19(13-18)28(31)32)24(30)26(23(20)29)17-11-9-16(25)10-12-17/h2-13,20-22H,1H3/t20-,21+,22+/m1/s1. The van der Waals surface area contributed by atoms with Crippen LogP contribution in [0.4, 0.5) is 17.1 Å². The molecule has 2 aliphatic rings. The Morgan fingerprint density at radius 3 is 2.30 bits per heavy atom. The topological polar surface area (TPSA) is 93.0 Å². The molecule has 2 fully saturated rings. The molecule has 0 saturated carbocycles. The zero-order chi connectivity index (χ0) is 23.3. The Labute approximate surface area is 194 Å². The van der Waals surface area contributed by atoms with E-state index in [-0.39, 0.29) is 5.69 Å². The van der Waals surface area contributed by atoms with E-state index in [9.17, 15) is 19.7 Å². The van der Waals surface area contributed by atoms with Crippen LogP contribution in [-0.2, 0) is 14.4 Å². The fourth-order valence-electron chi connectivity index (χ4n) is 4.33. The molecule has 0 N–H and O–H groups in total. The number of carbonyl (C=O) groups is 2. The van der Waals surface area contributed by atoms with Crippen LogP contribution in [0.25, 0.3) is 0 Å². The Morgan fingerprint density at radius 2 is 1.64 bits per heavy atom. The Balaban J connectivity index is 1.59. The van der Waals surface area contributed by atoms with Gasteiger partial charge in [-0.2, -0.15) is 0 Å². The van der Waals surface area contributed by atoms with E-state index < -0.39 is 34.8 Å². The molecule has 5 rings (SSSR count). The summed E-state index contributed by atoms with van der Waals surface area (Å²) < 4.78 is 0. The zero-order valence-corrected chi connectivity index (χ0v) is 18.2. The number of hydrogen-bond donors (Lipinski definition) is 0. The largest absolute Gasteiger partial charge is 0.273 e. The number of nitrogens with zero attached hydrogens (tertiary/aromatic N) is 3. The van der Waals surface area contributed by atoms with E-state index in [2.05, 4.69) is 0 Å². The van der Waals surface area contributed by atoms with Crippen molar-refractivity contribution in [3.05, 3.63) is 99.1 Å². The number of nitro groups is 1. The molecule has 0 aliphatic carbocycles. The average Bonchev–Trinajstić information content (AvgIpc) is 3.31. The zero-order valence-electron chi connectivity index (χ0n) is 17.4. The molecule has 0 aromatic heterocycles. The fourth-order valence-corrected chi connectivity index (χ4v) is 4.46. The summed E-state index contributed by atoms with van der Waals surface area (Å²) in [5, 5.41) is 13.2. The number of rotatable bonds is 4. The second-order valence-corrected chi connectivity index (χ2v) is 8.43. The van der Waals surface area contributed by atoms with Crippen molar-refractivity contribution in [2.45, 2.75) is 19.1 Å². The number of hydrogen-bond acceptors (Lipinski definition) is 6. The minimum atomic E-state index is -1.06. The SMILES string of the molecule is Cc1ccc([C@H]2[C@H]3C(=O)N(c4ccc(Cl)cc4)C(=O)[C@H]3ON2c2cccc([N+](=O)[O-])c2)cc1. The number of halogens is 1. The summed E-state index contributed by atoms with van der Waals surface area (Å²) in [6.45, 7) is 1.95. The van der Waals surface area contributed by atoms with Crippen LogP contribution in [0.2, 0.25) is 5.02 Å². The molecule has 8 nitrogen and oxygen atoms in total. The van der Waals surface area contributed by atoms with Gasteiger partial charge in [0.1, 0.15) is 5.92 Å². The van der Waals surface area contributed by atoms with Crippen molar-refractivity contribution in [2.24, 2.45) is 5.92 Å². The first-order valence-corrected chi connectivity index (χ1v) is 10.6. The van der Waals surface area contributed by atoms with E-state index in [0.29, 0.717) is 16.4 Å². The van der Waals surface area contributed by atoms with Gasteiger partial charge >= 0.3 is 0 Å². The summed E-state index contributed by atoms with van der Waals surface area (Å²) in [6.07, 6.45) is -1.06. The summed E-state index contributed by atoms with van der Waals surface area (Å²) in [6, 6.07) is 19.3. The number of nitro benzene ring substituents is 1. The molecule has 2 amide bonds. The van der Waals surface area contributed by atoms with Crippen LogP contribution < -0.4 is 9.96 Å². The first kappa shape index (κ1) is 21.1. The van der Waals surface area contributed by atoms with Gasteiger partial charge in [0, 0.05) is 17.2 Å². The highest BCUT2D eigenvalue weighted by atomic mass is 35.5. The van der Waals surface area contributed by atoms with Crippen molar-refractivity contribution >= 4 is 40.5 Å². The molecule has 166 valence electrons. The van der Waals surface area contributed by atoms with Crippen molar-refractivity contribution in [3.8, 4) is 0 Å². The van der Waals surface area contributed by atoms with Crippen LogP contribution in [0.3, 0.4) is 0 Å². The van der Waals surface area contributed by atoms with Gasteiger partial charge in [0.25, 0.3) is 11.6 Å². The smallest absolute Gasteiger partial charge is 0.271 e. The molecule has 2 saturated heterocycles. The van der Waals surface area contributed by atoms with Gasteiger partial charge in [-0.25, -0.2) is 9.96 Å². The molecule has 0 bridgehead atoms. The lowest BCUT2D eigenvalue weighted by atomic mass is 9.90. The predicted molar refractivity (Wildman–Crippen MR) is 122 cm³/mol. The van der Waals surface area contributed by atoms with E-state index in [1.165, 1.54) is 17.2 Å². The molecular formula is C24H18ClN3O5. The second kappa shape index (κ2) is 7.99. The van der Waals surface area contributed by atoms with E-state index in [4.69, 9.17) is 16.4 Å². The molecule has 3 aromatic carbocycles. The van der Waals surface area contributed by atoms with Gasteiger partial charge in [0.2, 0.25) is 5.91 Å². The van der Waals surface area contributed by atoms with E-state index in [1.54, 1.807) is 36.4 Å². The van der Waals surface area contributed by atoms with Crippen molar-refractivity contribution < 1.29 is 19.3 Å². The molecule has 2 heterocycles. The van der Waals surface area contributed by atoms with Crippen LogP contribution >= 0.6 is 11.6 Å². The summed E-state index contributed by atoms with van der Waals surface area (Å²) in [7, 11) is 0. The average molecular weight is 464 g/mol. The maximum Gasteiger partial charge on any atom is 0.271 e. The van der Waals surface area contributed by atoms with Gasteiger partial charge < -0.3 is 0 Å². The lowest BCUT2D eigenvalue weighted by molar-refractivity contribution is -0.384. The van der Waals surface area contributed by atoms with Gasteiger partial charge in [-0.15, -0.1) is 0 Å². The van der Waals surface area contributed by atoms with Crippen molar-refractivity contribution in [2.75, 3.05) is 9.96 Å². The highest BCUT2D eigenvalue weighted by Crippen LogP contribution is 2.48. The third-order valence-electron chi connectivity index (χ3n) is 5.91. The van der Waals surface area contributed by atoms with Crippen LogP contribution in [0, 0.1) is 23.0 Å². The minimum Gasteiger partial charge on any atom is -0.273 e. The maximum atomic E-state index is 13.5. The third kappa shape index (κ3) is 3.53. The van der Waals surface area contributed by atoms with E-state index in [0.717, 1.165) is 16.0 Å². The summed E-state index contributed by atoms with van der Waals surface area (Å²) >= 11 is 5.96. The van der Waals surface area contributed by atoms with Crippen LogP contribution in [0.1, 0.15) is 17.2 Å². The summed E-state index contributed by atoms with van der Waals surface area (Å²) in [5.74, 6) is -1.71. The lowest BCUT2D eigenvalue weighted by Gasteiger charge is -2.28. The fraction of sp³-hybridized carbons (Fsp3) is 0.167. The normalized spacial score (nSPS) is 22.1. The molecule has 2 aliphatic heterocycles. The predicted octanol–water partition coefficient (Wildman–Crippen LogP) is 4.61. The Kier molecular flexibility index (Phi) is 5.11. The van der Waals surface area contributed by atoms with Gasteiger partial charge in [-0.05, 0) is 42.8 Å². The number of amides is 2. The molecule has 0 unspecified atom stereocenters. The monoisotopic (exact) mass is 463 g/mol. The first-order chi connectivity index (χ1) is 15.8.